The molecule has 0 saturated heterocycles. The van der Waals surface area contributed by atoms with Gasteiger partial charge in [-0.1, -0.05) is 19.3 Å². The summed E-state index contributed by atoms with van der Waals surface area (Å²) in [6.07, 6.45) is 1.03. The molecule has 1 aromatic carbocycles. The van der Waals surface area contributed by atoms with Crippen molar-refractivity contribution in [2.24, 2.45) is 0 Å². The molecular formula is C18H24F3N3O2. The quantitative estimate of drug-likeness (QED) is 0.719. The molecule has 0 bridgehead atoms. The molecular weight excluding hydrogens is 347 g/mol. The molecule has 3 N–H and O–H groups in total. The Balaban J connectivity index is 1.86. The number of hydrogen-bond donors (Lipinski definition) is 3. The van der Waals surface area contributed by atoms with Crippen molar-refractivity contribution in [1.82, 2.24) is 10.6 Å². The van der Waals surface area contributed by atoms with Crippen LogP contribution in [0.4, 0.5) is 18.9 Å². The van der Waals surface area contributed by atoms with Crippen LogP contribution in [-0.2, 0) is 4.79 Å². The van der Waals surface area contributed by atoms with Crippen LogP contribution in [0.25, 0.3) is 0 Å². The first-order valence-corrected chi connectivity index (χ1v) is 8.73. The van der Waals surface area contributed by atoms with Crippen LogP contribution in [0, 0.1) is 6.92 Å². The number of carbonyl (C=O) groups excluding carboxylic acids is 2. The molecule has 0 atom stereocenters. The van der Waals surface area contributed by atoms with Crippen molar-refractivity contribution in [1.29, 1.82) is 0 Å². The smallest absolute Gasteiger partial charge is 0.376 e. The van der Waals surface area contributed by atoms with E-state index in [4.69, 9.17) is 0 Å². The summed E-state index contributed by atoms with van der Waals surface area (Å²) < 4.78 is 36.2. The second-order valence-electron chi connectivity index (χ2n) is 6.58. The Bertz CT molecular complexity index is 641. The lowest BCUT2D eigenvalue weighted by molar-refractivity contribution is -0.137. The van der Waals surface area contributed by atoms with E-state index in [1.807, 2.05) is 0 Å². The van der Waals surface area contributed by atoms with Crippen molar-refractivity contribution in [3.05, 3.63) is 29.3 Å². The molecule has 144 valence electrons. The Morgan fingerprint density at radius 3 is 2.46 bits per heavy atom. The molecule has 2 amide bonds. The number of rotatable bonds is 6. The third-order valence-electron chi connectivity index (χ3n) is 4.35. The SMILES string of the molecule is Cc1cc(C(=O)NC2CCCCC2)ccc1NCC(=O)NCC(F)(F)F. The Kier molecular flexibility index (Phi) is 6.88. The molecule has 26 heavy (non-hydrogen) atoms. The van der Waals surface area contributed by atoms with Crippen molar-refractivity contribution < 1.29 is 22.8 Å². The standard InChI is InChI=1S/C18H24F3N3O2/c1-12-9-13(17(26)24-14-5-3-2-4-6-14)7-8-15(12)22-10-16(25)23-11-18(19,20)21/h7-9,14,22H,2-6,10-11H2,1H3,(H,23,25)(H,24,26). The predicted octanol–water partition coefficient (Wildman–Crippen LogP) is 3.15. The molecule has 1 saturated carbocycles. The molecule has 0 unspecified atom stereocenters. The fourth-order valence-corrected chi connectivity index (χ4v) is 2.96. The molecule has 5 nitrogen and oxygen atoms in total. The second-order valence-corrected chi connectivity index (χ2v) is 6.58. The minimum absolute atomic E-state index is 0.130. The van der Waals surface area contributed by atoms with Crippen molar-refractivity contribution in [2.45, 2.75) is 51.2 Å². The molecule has 0 aliphatic heterocycles. The normalized spacial score (nSPS) is 15.4. The average Bonchev–Trinajstić information content (AvgIpc) is 2.59. The van der Waals surface area contributed by atoms with Crippen LogP contribution < -0.4 is 16.0 Å². The summed E-state index contributed by atoms with van der Waals surface area (Å²) in [5.74, 6) is -0.879. The Labute approximate surface area is 150 Å². The van der Waals surface area contributed by atoms with Crippen LogP contribution in [0.2, 0.25) is 0 Å². The van der Waals surface area contributed by atoms with Crippen molar-refractivity contribution in [3.63, 3.8) is 0 Å². The fraction of sp³-hybridized carbons (Fsp3) is 0.556. The van der Waals surface area contributed by atoms with E-state index in [0.29, 0.717) is 11.3 Å². The van der Waals surface area contributed by atoms with Gasteiger partial charge in [-0.05, 0) is 43.5 Å². The molecule has 2 rings (SSSR count). The highest BCUT2D eigenvalue weighted by atomic mass is 19.4. The highest BCUT2D eigenvalue weighted by Gasteiger charge is 2.27. The number of anilines is 1. The molecule has 1 aromatic rings. The predicted molar refractivity (Wildman–Crippen MR) is 93.1 cm³/mol. The summed E-state index contributed by atoms with van der Waals surface area (Å²) in [4.78, 5) is 23.8. The van der Waals surface area contributed by atoms with E-state index in [0.717, 1.165) is 31.2 Å². The van der Waals surface area contributed by atoms with Gasteiger partial charge in [-0.3, -0.25) is 9.59 Å². The highest BCUT2D eigenvalue weighted by Crippen LogP contribution is 2.20. The van der Waals surface area contributed by atoms with Gasteiger partial charge in [0, 0.05) is 17.3 Å². The van der Waals surface area contributed by atoms with Gasteiger partial charge < -0.3 is 16.0 Å². The number of hydrogen-bond acceptors (Lipinski definition) is 3. The Morgan fingerprint density at radius 2 is 1.85 bits per heavy atom. The third-order valence-corrected chi connectivity index (χ3v) is 4.35. The van der Waals surface area contributed by atoms with Crippen LogP contribution in [0.3, 0.4) is 0 Å². The first kappa shape index (κ1) is 20.1. The Morgan fingerprint density at radius 1 is 1.15 bits per heavy atom. The number of amides is 2. The van der Waals surface area contributed by atoms with Crippen LogP contribution in [-0.4, -0.2) is 37.1 Å². The minimum Gasteiger partial charge on any atom is -0.376 e. The summed E-state index contributed by atoms with van der Waals surface area (Å²) in [6, 6.07) is 5.21. The van der Waals surface area contributed by atoms with E-state index >= 15 is 0 Å². The molecule has 1 fully saturated rings. The lowest BCUT2D eigenvalue weighted by Crippen LogP contribution is -2.37. The largest absolute Gasteiger partial charge is 0.405 e. The van der Waals surface area contributed by atoms with Crippen LogP contribution >= 0.6 is 0 Å². The summed E-state index contributed by atoms with van der Waals surface area (Å²) in [5.41, 5.74) is 1.87. The maximum atomic E-state index is 12.3. The average molecular weight is 371 g/mol. The first-order valence-electron chi connectivity index (χ1n) is 8.73. The monoisotopic (exact) mass is 371 g/mol. The van der Waals surface area contributed by atoms with Gasteiger partial charge in [0.1, 0.15) is 6.54 Å². The first-order chi connectivity index (χ1) is 12.2. The minimum atomic E-state index is -4.43. The third kappa shape index (κ3) is 6.57. The molecule has 0 heterocycles. The zero-order valence-corrected chi connectivity index (χ0v) is 14.7. The highest BCUT2D eigenvalue weighted by molar-refractivity contribution is 5.95. The molecule has 8 heteroatoms. The van der Waals surface area contributed by atoms with Crippen LogP contribution in [0.15, 0.2) is 18.2 Å². The summed E-state index contributed by atoms with van der Waals surface area (Å²) in [7, 11) is 0. The van der Waals surface area contributed by atoms with Crippen molar-refractivity contribution in [2.75, 3.05) is 18.4 Å². The molecule has 0 radical (unpaired) electrons. The van der Waals surface area contributed by atoms with E-state index in [-0.39, 0.29) is 18.5 Å². The lowest BCUT2D eigenvalue weighted by Gasteiger charge is -2.23. The second kappa shape index (κ2) is 8.91. The van der Waals surface area contributed by atoms with E-state index in [9.17, 15) is 22.8 Å². The van der Waals surface area contributed by atoms with Crippen molar-refractivity contribution in [3.8, 4) is 0 Å². The zero-order chi connectivity index (χ0) is 19.2. The van der Waals surface area contributed by atoms with Gasteiger partial charge in [-0.2, -0.15) is 13.2 Å². The van der Waals surface area contributed by atoms with E-state index in [2.05, 4.69) is 10.6 Å². The topological polar surface area (TPSA) is 70.2 Å². The number of halogens is 3. The summed E-state index contributed by atoms with van der Waals surface area (Å²) >= 11 is 0. The number of carbonyl (C=O) groups is 2. The van der Waals surface area contributed by atoms with Gasteiger partial charge in [-0.25, -0.2) is 0 Å². The van der Waals surface area contributed by atoms with Gasteiger partial charge in [0.2, 0.25) is 5.91 Å². The van der Waals surface area contributed by atoms with Gasteiger partial charge in [-0.15, -0.1) is 0 Å². The van der Waals surface area contributed by atoms with Crippen LogP contribution in [0.5, 0.6) is 0 Å². The molecule has 1 aliphatic rings. The fourth-order valence-electron chi connectivity index (χ4n) is 2.96. The number of benzene rings is 1. The van der Waals surface area contributed by atoms with Gasteiger partial charge in [0.15, 0.2) is 0 Å². The van der Waals surface area contributed by atoms with E-state index < -0.39 is 18.6 Å². The van der Waals surface area contributed by atoms with Gasteiger partial charge >= 0.3 is 6.18 Å². The maximum absolute atomic E-state index is 12.3. The van der Waals surface area contributed by atoms with E-state index in [1.165, 1.54) is 6.42 Å². The number of alkyl halides is 3. The maximum Gasteiger partial charge on any atom is 0.405 e. The molecule has 0 aromatic heterocycles. The summed E-state index contributed by atoms with van der Waals surface area (Å²) in [6.45, 7) is 0.144. The lowest BCUT2D eigenvalue weighted by atomic mass is 9.95. The van der Waals surface area contributed by atoms with Crippen molar-refractivity contribution >= 4 is 17.5 Å². The molecule has 1 aliphatic carbocycles. The number of nitrogens with one attached hydrogen (secondary N) is 3. The number of aryl methyl sites for hydroxylation is 1. The van der Waals surface area contributed by atoms with Gasteiger partial charge in [0.05, 0.1) is 6.54 Å². The van der Waals surface area contributed by atoms with E-state index in [1.54, 1.807) is 30.4 Å². The zero-order valence-electron chi connectivity index (χ0n) is 14.7. The molecule has 0 spiro atoms. The van der Waals surface area contributed by atoms with Gasteiger partial charge in [0.25, 0.3) is 5.91 Å². The van der Waals surface area contributed by atoms with Crippen LogP contribution in [0.1, 0.15) is 48.0 Å². The Hall–Kier alpha value is -2.25. The summed E-state index contributed by atoms with van der Waals surface area (Å²) in [5, 5.41) is 7.62.